The van der Waals surface area contributed by atoms with Crippen molar-refractivity contribution in [2.45, 2.75) is 45.6 Å². The molecular formula is C13H23NO2. The van der Waals surface area contributed by atoms with E-state index in [0.717, 1.165) is 19.3 Å². The van der Waals surface area contributed by atoms with Crippen molar-refractivity contribution in [3.63, 3.8) is 0 Å². The minimum Gasteiger partial charge on any atom is -0.391 e. The van der Waals surface area contributed by atoms with Crippen LogP contribution in [0.3, 0.4) is 0 Å². The summed E-state index contributed by atoms with van der Waals surface area (Å²) >= 11 is 0. The molecule has 0 aromatic heterocycles. The van der Waals surface area contributed by atoms with Crippen molar-refractivity contribution >= 4 is 5.91 Å². The standard InChI is InChI=1S/C13H23NO2/c1-10(2)7-12(15)9-14-13(16)8-11-5-3-4-6-11/h3,5,10-12,15H,4,6-9H2,1-2H3,(H,14,16). The molecule has 0 radical (unpaired) electrons. The summed E-state index contributed by atoms with van der Waals surface area (Å²) in [5, 5.41) is 12.4. The Morgan fingerprint density at radius 2 is 2.31 bits per heavy atom. The first-order valence-electron chi connectivity index (χ1n) is 6.19. The molecule has 0 aliphatic heterocycles. The van der Waals surface area contributed by atoms with E-state index in [1.807, 2.05) is 0 Å². The highest BCUT2D eigenvalue weighted by atomic mass is 16.3. The number of nitrogens with one attached hydrogen (secondary N) is 1. The molecule has 16 heavy (non-hydrogen) atoms. The van der Waals surface area contributed by atoms with Crippen molar-refractivity contribution in [3.8, 4) is 0 Å². The molecule has 1 aliphatic carbocycles. The Bertz CT molecular complexity index is 248. The quantitative estimate of drug-likeness (QED) is 0.678. The molecule has 2 unspecified atom stereocenters. The largest absolute Gasteiger partial charge is 0.391 e. The number of carbonyl (C=O) groups excluding carboxylic acids is 1. The lowest BCUT2D eigenvalue weighted by molar-refractivity contribution is -0.122. The minimum atomic E-state index is -0.414. The number of allylic oxidation sites excluding steroid dienone is 2. The number of hydrogen-bond acceptors (Lipinski definition) is 2. The number of carbonyl (C=O) groups is 1. The molecule has 1 rings (SSSR count). The van der Waals surface area contributed by atoms with Gasteiger partial charge in [-0.2, -0.15) is 0 Å². The van der Waals surface area contributed by atoms with Crippen molar-refractivity contribution in [2.24, 2.45) is 11.8 Å². The minimum absolute atomic E-state index is 0.0550. The van der Waals surface area contributed by atoms with Gasteiger partial charge in [-0.3, -0.25) is 4.79 Å². The molecular weight excluding hydrogens is 202 g/mol. The lowest BCUT2D eigenvalue weighted by Crippen LogP contribution is -2.33. The van der Waals surface area contributed by atoms with Crippen LogP contribution in [-0.2, 0) is 4.79 Å². The Kier molecular flexibility index (Phi) is 5.53. The highest BCUT2D eigenvalue weighted by Crippen LogP contribution is 2.19. The molecule has 0 bridgehead atoms. The monoisotopic (exact) mass is 225 g/mol. The summed E-state index contributed by atoms with van der Waals surface area (Å²) < 4.78 is 0. The molecule has 2 N–H and O–H groups in total. The molecule has 1 amide bonds. The molecule has 0 fully saturated rings. The summed E-state index contributed by atoms with van der Waals surface area (Å²) in [7, 11) is 0. The zero-order valence-corrected chi connectivity index (χ0v) is 10.3. The van der Waals surface area contributed by atoms with E-state index in [0.29, 0.717) is 24.8 Å². The first-order valence-corrected chi connectivity index (χ1v) is 6.19. The second-order valence-corrected chi connectivity index (χ2v) is 5.06. The van der Waals surface area contributed by atoms with Crippen LogP contribution in [0.1, 0.15) is 39.5 Å². The topological polar surface area (TPSA) is 49.3 Å². The number of rotatable bonds is 6. The second kappa shape index (κ2) is 6.69. The zero-order chi connectivity index (χ0) is 12.0. The van der Waals surface area contributed by atoms with E-state index in [-0.39, 0.29) is 5.91 Å². The van der Waals surface area contributed by atoms with E-state index >= 15 is 0 Å². The van der Waals surface area contributed by atoms with Crippen LogP contribution in [0.4, 0.5) is 0 Å². The first kappa shape index (κ1) is 13.2. The van der Waals surface area contributed by atoms with Gasteiger partial charge in [0.1, 0.15) is 0 Å². The van der Waals surface area contributed by atoms with Gasteiger partial charge in [-0.05, 0) is 31.1 Å². The Labute approximate surface area is 97.9 Å². The van der Waals surface area contributed by atoms with Gasteiger partial charge < -0.3 is 10.4 Å². The lowest BCUT2D eigenvalue weighted by atomic mass is 10.0. The molecule has 0 saturated heterocycles. The van der Waals surface area contributed by atoms with Crippen LogP contribution in [0.5, 0.6) is 0 Å². The molecule has 92 valence electrons. The van der Waals surface area contributed by atoms with Crippen molar-refractivity contribution in [3.05, 3.63) is 12.2 Å². The van der Waals surface area contributed by atoms with Crippen LogP contribution in [0.25, 0.3) is 0 Å². The second-order valence-electron chi connectivity index (χ2n) is 5.06. The third-order valence-electron chi connectivity index (χ3n) is 2.84. The SMILES string of the molecule is CC(C)CC(O)CNC(=O)CC1C=CCC1. The van der Waals surface area contributed by atoms with Gasteiger partial charge >= 0.3 is 0 Å². The zero-order valence-electron chi connectivity index (χ0n) is 10.3. The van der Waals surface area contributed by atoms with E-state index in [1.54, 1.807) is 0 Å². The van der Waals surface area contributed by atoms with Crippen molar-refractivity contribution < 1.29 is 9.90 Å². The van der Waals surface area contributed by atoms with Crippen LogP contribution in [0, 0.1) is 11.8 Å². The van der Waals surface area contributed by atoms with Gasteiger partial charge in [-0.1, -0.05) is 26.0 Å². The normalized spacial score (nSPS) is 21.4. The molecule has 2 atom stereocenters. The van der Waals surface area contributed by atoms with Gasteiger partial charge in [-0.15, -0.1) is 0 Å². The summed E-state index contributed by atoms with van der Waals surface area (Å²) in [6.45, 7) is 4.51. The maximum absolute atomic E-state index is 11.5. The summed E-state index contributed by atoms with van der Waals surface area (Å²) in [4.78, 5) is 11.5. The van der Waals surface area contributed by atoms with E-state index < -0.39 is 6.10 Å². The summed E-state index contributed by atoms with van der Waals surface area (Å²) in [5.74, 6) is 0.922. The van der Waals surface area contributed by atoms with Crippen molar-refractivity contribution in [2.75, 3.05) is 6.54 Å². The molecule has 3 nitrogen and oxygen atoms in total. The van der Waals surface area contributed by atoms with Gasteiger partial charge in [0.15, 0.2) is 0 Å². The Hall–Kier alpha value is -0.830. The maximum atomic E-state index is 11.5. The molecule has 0 saturated carbocycles. The Morgan fingerprint density at radius 3 is 2.88 bits per heavy atom. The fourth-order valence-corrected chi connectivity index (χ4v) is 2.03. The van der Waals surface area contributed by atoms with E-state index in [9.17, 15) is 9.90 Å². The fourth-order valence-electron chi connectivity index (χ4n) is 2.03. The number of aliphatic hydroxyl groups is 1. The first-order chi connectivity index (χ1) is 7.58. The third kappa shape index (κ3) is 5.31. The van der Waals surface area contributed by atoms with E-state index in [1.165, 1.54) is 0 Å². The smallest absolute Gasteiger partial charge is 0.220 e. The van der Waals surface area contributed by atoms with Crippen LogP contribution < -0.4 is 5.32 Å². The highest BCUT2D eigenvalue weighted by Gasteiger charge is 2.14. The summed E-state index contributed by atoms with van der Waals surface area (Å²) in [5.41, 5.74) is 0. The van der Waals surface area contributed by atoms with E-state index in [2.05, 4.69) is 31.3 Å². The summed E-state index contributed by atoms with van der Waals surface area (Å²) in [6, 6.07) is 0. The number of aliphatic hydroxyl groups excluding tert-OH is 1. The summed E-state index contributed by atoms with van der Waals surface area (Å²) in [6.07, 6.45) is 7.31. The molecule has 0 aromatic carbocycles. The van der Waals surface area contributed by atoms with Gasteiger partial charge in [-0.25, -0.2) is 0 Å². The van der Waals surface area contributed by atoms with Crippen LogP contribution in [0.15, 0.2) is 12.2 Å². The predicted molar refractivity (Wildman–Crippen MR) is 65.0 cm³/mol. The van der Waals surface area contributed by atoms with Gasteiger partial charge in [0.2, 0.25) is 5.91 Å². The highest BCUT2D eigenvalue weighted by molar-refractivity contribution is 5.76. The molecule has 0 heterocycles. The van der Waals surface area contributed by atoms with Crippen LogP contribution >= 0.6 is 0 Å². The predicted octanol–water partition coefficient (Wildman–Crippen LogP) is 1.87. The lowest BCUT2D eigenvalue weighted by Gasteiger charge is -2.14. The number of amides is 1. The van der Waals surface area contributed by atoms with Gasteiger partial charge in [0.05, 0.1) is 6.10 Å². The fraction of sp³-hybridized carbons (Fsp3) is 0.769. The average Bonchev–Trinajstić information content (AvgIpc) is 2.66. The number of hydrogen-bond donors (Lipinski definition) is 2. The maximum Gasteiger partial charge on any atom is 0.220 e. The van der Waals surface area contributed by atoms with Crippen LogP contribution in [0.2, 0.25) is 0 Å². The van der Waals surface area contributed by atoms with Gasteiger partial charge in [0, 0.05) is 13.0 Å². The molecule has 0 aromatic rings. The van der Waals surface area contributed by atoms with E-state index in [4.69, 9.17) is 0 Å². The third-order valence-corrected chi connectivity index (χ3v) is 2.84. The Balaban J connectivity index is 2.12. The Morgan fingerprint density at radius 1 is 1.56 bits per heavy atom. The molecule has 3 heteroatoms. The molecule has 0 spiro atoms. The van der Waals surface area contributed by atoms with Crippen LogP contribution in [-0.4, -0.2) is 23.7 Å². The average molecular weight is 225 g/mol. The van der Waals surface area contributed by atoms with Crippen molar-refractivity contribution in [1.29, 1.82) is 0 Å². The van der Waals surface area contributed by atoms with Crippen molar-refractivity contribution in [1.82, 2.24) is 5.32 Å². The van der Waals surface area contributed by atoms with Gasteiger partial charge in [0.25, 0.3) is 0 Å². The molecule has 1 aliphatic rings.